The summed E-state index contributed by atoms with van der Waals surface area (Å²) in [4.78, 5) is 22.3. The predicted octanol–water partition coefficient (Wildman–Crippen LogP) is 1.11. The molecule has 0 saturated heterocycles. The van der Waals surface area contributed by atoms with Crippen molar-refractivity contribution >= 4 is 12.0 Å². The number of aliphatic carboxylic acids is 1. The highest BCUT2D eigenvalue weighted by Crippen LogP contribution is 2.25. The summed E-state index contributed by atoms with van der Waals surface area (Å²) in [6, 6.07) is -0.566. The topological polar surface area (TPSA) is 78.4 Å². The van der Waals surface area contributed by atoms with E-state index in [-0.39, 0.29) is 12.1 Å². The van der Waals surface area contributed by atoms with Gasteiger partial charge >= 0.3 is 12.0 Å². The monoisotopic (exact) mass is 226 g/mol. The van der Waals surface area contributed by atoms with Crippen LogP contribution in [0.5, 0.6) is 0 Å². The van der Waals surface area contributed by atoms with Crippen molar-refractivity contribution in [3.63, 3.8) is 0 Å². The Labute approximate surface area is 94.9 Å². The van der Waals surface area contributed by atoms with Gasteiger partial charge in [0.15, 0.2) is 0 Å². The Morgan fingerprint density at radius 2 is 2.12 bits per heavy atom. The molecule has 0 aliphatic heterocycles. The molecule has 0 heterocycles. The fraction of sp³-hybridized carbons (Fsp3) is 0.636. The smallest absolute Gasteiger partial charge is 0.315 e. The molecule has 0 radical (unpaired) electrons. The van der Waals surface area contributed by atoms with Gasteiger partial charge in [-0.25, -0.2) is 4.79 Å². The lowest BCUT2D eigenvalue weighted by atomic mass is 10.0. The number of carbonyl (C=O) groups excluding carboxylic acids is 1. The minimum Gasteiger partial charge on any atom is -0.481 e. The van der Waals surface area contributed by atoms with Crippen LogP contribution in [0.2, 0.25) is 0 Å². The van der Waals surface area contributed by atoms with Crippen LogP contribution >= 0.6 is 0 Å². The molecule has 3 N–H and O–H groups in total. The zero-order valence-corrected chi connectivity index (χ0v) is 9.45. The van der Waals surface area contributed by atoms with Gasteiger partial charge in [0, 0.05) is 12.6 Å². The van der Waals surface area contributed by atoms with Crippen molar-refractivity contribution in [1.82, 2.24) is 10.6 Å². The fourth-order valence-corrected chi connectivity index (χ4v) is 1.88. The number of nitrogens with one attached hydrogen (secondary N) is 2. The summed E-state index contributed by atoms with van der Waals surface area (Å²) in [6.07, 6.45) is 2.22. The van der Waals surface area contributed by atoms with Crippen molar-refractivity contribution in [2.75, 3.05) is 6.54 Å². The van der Waals surface area contributed by atoms with Crippen molar-refractivity contribution in [2.45, 2.75) is 32.2 Å². The summed E-state index contributed by atoms with van der Waals surface area (Å²) in [5.74, 6) is -1.28. The highest BCUT2D eigenvalue weighted by molar-refractivity contribution is 5.77. The molecule has 5 heteroatoms. The molecule has 0 aromatic rings. The summed E-state index contributed by atoms with van der Waals surface area (Å²) in [5, 5.41) is 14.2. The Morgan fingerprint density at radius 3 is 2.69 bits per heavy atom. The number of rotatable bonds is 4. The first kappa shape index (κ1) is 12.5. The lowest BCUT2D eigenvalue weighted by Gasteiger charge is -2.17. The number of hydrogen-bond donors (Lipinski definition) is 3. The van der Waals surface area contributed by atoms with E-state index in [2.05, 4.69) is 17.2 Å². The Balaban J connectivity index is 2.38. The molecule has 2 unspecified atom stereocenters. The maximum Gasteiger partial charge on any atom is 0.315 e. The van der Waals surface area contributed by atoms with Crippen LogP contribution < -0.4 is 10.6 Å². The summed E-state index contributed by atoms with van der Waals surface area (Å²) in [5.41, 5.74) is 0.858. The molecule has 5 nitrogen and oxygen atoms in total. The second-order valence-corrected chi connectivity index (χ2v) is 4.27. The molecule has 1 aliphatic rings. The highest BCUT2D eigenvalue weighted by atomic mass is 16.4. The molecule has 0 aromatic carbocycles. The number of carboxylic acids is 1. The van der Waals surface area contributed by atoms with Crippen molar-refractivity contribution in [3.8, 4) is 0 Å². The van der Waals surface area contributed by atoms with E-state index in [0.29, 0.717) is 13.0 Å². The maximum atomic E-state index is 11.4. The lowest BCUT2D eigenvalue weighted by molar-refractivity contribution is -0.142. The van der Waals surface area contributed by atoms with Crippen molar-refractivity contribution in [1.29, 1.82) is 0 Å². The first-order valence-electron chi connectivity index (χ1n) is 5.42. The van der Waals surface area contributed by atoms with E-state index in [9.17, 15) is 9.59 Å². The van der Waals surface area contributed by atoms with E-state index in [4.69, 9.17) is 5.11 Å². The van der Waals surface area contributed by atoms with Gasteiger partial charge in [-0.3, -0.25) is 4.79 Å². The van der Waals surface area contributed by atoms with Crippen LogP contribution in [-0.2, 0) is 4.79 Å². The minimum absolute atomic E-state index is 0.248. The van der Waals surface area contributed by atoms with Gasteiger partial charge in [-0.05, 0) is 19.8 Å². The van der Waals surface area contributed by atoms with Crippen LogP contribution in [0.25, 0.3) is 0 Å². The molecule has 1 rings (SSSR count). The van der Waals surface area contributed by atoms with E-state index in [1.807, 2.05) is 6.92 Å². The Bertz CT molecular complexity index is 302. The van der Waals surface area contributed by atoms with Gasteiger partial charge in [-0.2, -0.15) is 0 Å². The molecule has 0 bridgehead atoms. The average Bonchev–Trinajstić information content (AvgIpc) is 2.62. The molecule has 1 saturated carbocycles. The highest BCUT2D eigenvalue weighted by Gasteiger charge is 2.33. The molecule has 16 heavy (non-hydrogen) atoms. The van der Waals surface area contributed by atoms with Crippen molar-refractivity contribution < 1.29 is 14.7 Å². The number of amides is 2. The third-order valence-corrected chi connectivity index (χ3v) is 2.70. The summed E-state index contributed by atoms with van der Waals surface area (Å²) < 4.78 is 0. The fourth-order valence-electron chi connectivity index (χ4n) is 1.88. The van der Waals surface area contributed by atoms with Crippen molar-refractivity contribution in [3.05, 3.63) is 12.2 Å². The SMILES string of the molecule is C=C(C)CNC(=O)NC1CCCC1C(=O)O. The third kappa shape index (κ3) is 3.56. The molecular weight excluding hydrogens is 208 g/mol. The zero-order valence-electron chi connectivity index (χ0n) is 9.45. The van der Waals surface area contributed by atoms with E-state index in [1.165, 1.54) is 0 Å². The maximum absolute atomic E-state index is 11.4. The first-order chi connectivity index (χ1) is 7.50. The number of urea groups is 1. The van der Waals surface area contributed by atoms with Gasteiger partial charge in [-0.1, -0.05) is 18.6 Å². The standard InChI is InChI=1S/C11H18N2O3/c1-7(2)6-12-11(16)13-9-5-3-4-8(9)10(14)15/h8-9H,1,3-6H2,2H3,(H,14,15)(H2,12,13,16). The largest absolute Gasteiger partial charge is 0.481 e. The van der Waals surface area contributed by atoms with Crippen LogP contribution in [0.3, 0.4) is 0 Å². The Kier molecular flexibility index (Phi) is 4.34. The van der Waals surface area contributed by atoms with E-state index >= 15 is 0 Å². The quantitative estimate of drug-likeness (QED) is 0.628. The Morgan fingerprint density at radius 1 is 1.44 bits per heavy atom. The second kappa shape index (κ2) is 5.53. The van der Waals surface area contributed by atoms with Gasteiger partial charge < -0.3 is 15.7 Å². The van der Waals surface area contributed by atoms with Crippen molar-refractivity contribution in [2.24, 2.45) is 5.92 Å². The second-order valence-electron chi connectivity index (χ2n) is 4.27. The van der Waals surface area contributed by atoms with Crippen LogP contribution in [0, 0.1) is 5.92 Å². The lowest BCUT2D eigenvalue weighted by Crippen LogP contribution is -2.45. The molecule has 2 amide bonds. The van der Waals surface area contributed by atoms with E-state index in [0.717, 1.165) is 18.4 Å². The number of hydrogen-bond acceptors (Lipinski definition) is 2. The summed E-state index contributed by atoms with van der Waals surface area (Å²) >= 11 is 0. The van der Waals surface area contributed by atoms with Gasteiger partial charge in [0.1, 0.15) is 0 Å². The van der Waals surface area contributed by atoms with Gasteiger partial charge in [0.25, 0.3) is 0 Å². The Hall–Kier alpha value is -1.52. The van der Waals surface area contributed by atoms with Crippen LogP contribution in [-0.4, -0.2) is 29.7 Å². The van der Waals surface area contributed by atoms with Crippen LogP contribution in [0.1, 0.15) is 26.2 Å². The first-order valence-corrected chi connectivity index (χ1v) is 5.42. The number of carbonyl (C=O) groups is 2. The summed E-state index contributed by atoms with van der Waals surface area (Å²) in [7, 11) is 0. The number of carboxylic acid groups (broad SMARTS) is 1. The summed E-state index contributed by atoms with van der Waals surface area (Å²) in [6.45, 7) is 5.89. The predicted molar refractivity (Wildman–Crippen MR) is 60.1 cm³/mol. The minimum atomic E-state index is -0.831. The van der Waals surface area contributed by atoms with E-state index < -0.39 is 11.9 Å². The average molecular weight is 226 g/mol. The molecule has 1 fully saturated rings. The molecule has 0 aromatic heterocycles. The zero-order chi connectivity index (χ0) is 12.1. The third-order valence-electron chi connectivity index (χ3n) is 2.70. The normalized spacial score (nSPS) is 23.8. The van der Waals surface area contributed by atoms with Gasteiger partial charge in [0.05, 0.1) is 5.92 Å². The molecule has 1 aliphatic carbocycles. The van der Waals surface area contributed by atoms with Gasteiger partial charge in [-0.15, -0.1) is 0 Å². The van der Waals surface area contributed by atoms with Gasteiger partial charge in [0.2, 0.25) is 0 Å². The molecular formula is C11H18N2O3. The molecule has 0 spiro atoms. The van der Waals surface area contributed by atoms with Crippen LogP contribution in [0.15, 0.2) is 12.2 Å². The van der Waals surface area contributed by atoms with E-state index in [1.54, 1.807) is 0 Å². The molecule has 2 atom stereocenters. The van der Waals surface area contributed by atoms with Crippen LogP contribution in [0.4, 0.5) is 4.79 Å². The molecule has 90 valence electrons.